The van der Waals surface area contributed by atoms with Crippen LogP contribution < -0.4 is 5.32 Å². The molecular weight excluding hydrogens is 226 g/mol. The third-order valence-corrected chi connectivity index (χ3v) is 2.77. The van der Waals surface area contributed by atoms with Crippen molar-refractivity contribution in [2.75, 3.05) is 0 Å². The van der Waals surface area contributed by atoms with Crippen LogP contribution in [0.1, 0.15) is 17.0 Å². The maximum absolute atomic E-state index is 11.8. The minimum Gasteiger partial charge on any atom is -0.352 e. The smallest absolute Gasteiger partial charge is 0.226 e. The van der Waals surface area contributed by atoms with Crippen molar-refractivity contribution >= 4 is 5.91 Å². The van der Waals surface area contributed by atoms with Gasteiger partial charge in [0, 0.05) is 19.3 Å². The quantitative estimate of drug-likeness (QED) is 0.886. The highest BCUT2D eigenvalue weighted by atomic mass is 16.1. The van der Waals surface area contributed by atoms with E-state index in [0.717, 1.165) is 17.0 Å². The van der Waals surface area contributed by atoms with Crippen LogP contribution in [0, 0.1) is 6.92 Å². The monoisotopic (exact) mass is 243 g/mol. The van der Waals surface area contributed by atoms with Gasteiger partial charge < -0.3 is 5.32 Å². The van der Waals surface area contributed by atoms with Crippen LogP contribution in [0.25, 0.3) is 0 Å². The first-order chi connectivity index (χ1) is 8.65. The first-order valence-corrected chi connectivity index (χ1v) is 5.95. The van der Waals surface area contributed by atoms with Crippen LogP contribution >= 0.6 is 0 Å². The SMILES string of the molecule is Cc1cc(CC(=O)NCc2ccccc2)n(C)n1. The number of hydrogen-bond donors (Lipinski definition) is 1. The molecule has 0 radical (unpaired) electrons. The van der Waals surface area contributed by atoms with E-state index < -0.39 is 0 Å². The molecule has 1 heterocycles. The lowest BCUT2D eigenvalue weighted by atomic mass is 10.2. The summed E-state index contributed by atoms with van der Waals surface area (Å²) in [5, 5.41) is 7.12. The van der Waals surface area contributed by atoms with E-state index in [1.807, 2.05) is 50.4 Å². The first-order valence-electron chi connectivity index (χ1n) is 5.95. The van der Waals surface area contributed by atoms with Gasteiger partial charge in [0.1, 0.15) is 0 Å². The fourth-order valence-electron chi connectivity index (χ4n) is 1.85. The molecule has 0 bridgehead atoms. The molecule has 1 N–H and O–H groups in total. The first kappa shape index (κ1) is 12.4. The van der Waals surface area contributed by atoms with Gasteiger partial charge >= 0.3 is 0 Å². The lowest BCUT2D eigenvalue weighted by molar-refractivity contribution is -0.120. The van der Waals surface area contributed by atoms with E-state index in [-0.39, 0.29) is 5.91 Å². The highest BCUT2D eigenvalue weighted by Crippen LogP contribution is 2.03. The normalized spacial score (nSPS) is 10.3. The molecule has 0 aliphatic carbocycles. The molecular formula is C14H17N3O. The molecule has 0 spiro atoms. The number of carbonyl (C=O) groups excluding carboxylic acids is 1. The van der Waals surface area contributed by atoms with Gasteiger partial charge in [-0.3, -0.25) is 9.48 Å². The molecule has 1 aromatic heterocycles. The Morgan fingerprint density at radius 2 is 2.06 bits per heavy atom. The van der Waals surface area contributed by atoms with Gasteiger partial charge in [0.25, 0.3) is 0 Å². The van der Waals surface area contributed by atoms with Crippen LogP contribution in [0.5, 0.6) is 0 Å². The Balaban J connectivity index is 1.88. The predicted octanol–water partition coefficient (Wildman–Crippen LogP) is 1.59. The van der Waals surface area contributed by atoms with Crippen LogP contribution in [-0.2, 0) is 24.8 Å². The van der Waals surface area contributed by atoms with Gasteiger partial charge in [-0.2, -0.15) is 5.10 Å². The van der Waals surface area contributed by atoms with Crippen molar-refractivity contribution < 1.29 is 4.79 Å². The Bertz CT molecular complexity index is 531. The van der Waals surface area contributed by atoms with E-state index in [0.29, 0.717) is 13.0 Å². The topological polar surface area (TPSA) is 46.9 Å². The number of amides is 1. The summed E-state index contributed by atoms with van der Waals surface area (Å²) in [6.45, 7) is 2.49. The molecule has 0 saturated carbocycles. The van der Waals surface area contributed by atoms with Crippen LogP contribution in [-0.4, -0.2) is 15.7 Å². The van der Waals surface area contributed by atoms with E-state index in [1.165, 1.54) is 0 Å². The second-order valence-electron chi connectivity index (χ2n) is 4.34. The summed E-state index contributed by atoms with van der Waals surface area (Å²) < 4.78 is 1.75. The van der Waals surface area contributed by atoms with Crippen molar-refractivity contribution in [2.45, 2.75) is 19.9 Å². The molecule has 4 heteroatoms. The molecule has 2 aromatic rings. The molecule has 1 amide bonds. The number of hydrogen-bond acceptors (Lipinski definition) is 2. The van der Waals surface area contributed by atoms with Crippen molar-refractivity contribution in [3.05, 3.63) is 53.3 Å². The molecule has 2 rings (SSSR count). The average molecular weight is 243 g/mol. The van der Waals surface area contributed by atoms with Crippen molar-refractivity contribution in [2.24, 2.45) is 7.05 Å². The summed E-state index contributed by atoms with van der Waals surface area (Å²) in [4.78, 5) is 11.8. The largest absolute Gasteiger partial charge is 0.352 e. The highest BCUT2D eigenvalue weighted by molar-refractivity contribution is 5.78. The number of aryl methyl sites for hydroxylation is 2. The average Bonchev–Trinajstić information content (AvgIpc) is 2.67. The zero-order chi connectivity index (χ0) is 13.0. The van der Waals surface area contributed by atoms with E-state index in [9.17, 15) is 4.79 Å². The maximum Gasteiger partial charge on any atom is 0.226 e. The lowest BCUT2D eigenvalue weighted by Crippen LogP contribution is -2.25. The Labute approximate surface area is 107 Å². The fourth-order valence-corrected chi connectivity index (χ4v) is 1.85. The summed E-state index contributed by atoms with van der Waals surface area (Å²) >= 11 is 0. The summed E-state index contributed by atoms with van der Waals surface area (Å²) in [5.41, 5.74) is 2.97. The summed E-state index contributed by atoms with van der Waals surface area (Å²) in [6, 6.07) is 11.8. The molecule has 94 valence electrons. The zero-order valence-corrected chi connectivity index (χ0v) is 10.7. The van der Waals surface area contributed by atoms with Crippen LogP contribution in [0.15, 0.2) is 36.4 Å². The maximum atomic E-state index is 11.8. The van der Waals surface area contributed by atoms with Crippen molar-refractivity contribution in [3.8, 4) is 0 Å². The summed E-state index contributed by atoms with van der Waals surface area (Å²) in [5.74, 6) is 0.0156. The third-order valence-electron chi connectivity index (χ3n) is 2.77. The van der Waals surface area contributed by atoms with Crippen molar-refractivity contribution in [3.63, 3.8) is 0 Å². The minimum atomic E-state index is 0.0156. The standard InChI is InChI=1S/C14H17N3O/c1-11-8-13(17(2)16-11)9-14(18)15-10-12-6-4-3-5-7-12/h3-8H,9-10H2,1-2H3,(H,15,18). The van der Waals surface area contributed by atoms with Crippen LogP contribution in [0.3, 0.4) is 0 Å². The Kier molecular flexibility index (Phi) is 3.77. The molecule has 4 nitrogen and oxygen atoms in total. The molecule has 1 aromatic carbocycles. The molecule has 0 aliphatic heterocycles. The Morgan fingerprint density at radius 1 is 1.33 bits per heavy atom. The number of benzene rings is 1. The van der Waals surface area contributed by atoms with Gasteiger partial charge in [-0.25, -0.2) is 0 Å². The Hall–Kier alpha value is -2.10. The van der Waals surface area contributed by atoms with Crippen LogP contribution in [0.2, 0.25) is 0 Å². The third kappa shape index (κ3) is 3.20. The molecule has 0 aliphatic rings. The van der Waals surface area contributed by atoms with E-state index in [2.05, 4.69) is 10.4 Å². The Morgan fingerprint density at radius 3 is 2.67 bits per heavy atom. The second-order valence-corrected chi connectivity index (χ2v) is 4.34. The van der Waals surface area contributed by atoms with Crippen molar-refractivity contribution in [1.29, 1.82) is 0 Å². The van der Waals surface area contributed by atoms with E-state index in [4.69, 9.17) is 0 Å². The summed E-state index contributed by atoms with van der Waals surface area (Å²) in [6.07, 6.45) is 0.365. The molecule has 0 saturated heterocycles. The predicted molar refractivity (Wildman–Crippen MR) is 69.9 cm³/mol. The van der Waals surface area contributed by atoms with Gasteiger partial charge in [-0.15, -0.1) is 0 Å². The number of carbonyl (C=O) groups is 1. The van der Waals surface area contributed by atoms with Gasteiger partial charge in [0.15, 0.2) is 0 Å². The van der Waals surface area contributed by atoms with Gasteiger partial charge in [0.05, 0.1) is 12.1 Å². The van der Waals surface area contributed by atoms with Crippen LogP contribution in [0.4, 0.5) is 0 Å². The number of nitrogens with one attached hydrogen (secondary N) is 1. The molecule has 0 atom stereocenters. The van der Waals surface area contributed by atoms with E-state index >= 15 is 0 Å². The number of aromatic nitrogens is 2. The second kappa shape index (κ2) is 5.49. The minimum absolute atomic E-state index is 0.0156. The zero-order valence-electron chi connectivity index (χ0n) is 10.7. The van der Waals surface area contributed by atoms with Gasteiger partial charge in [-0.05, 0) is 18.6 Å². The molecule has 0 fully saturated rings. The van der Waals surface area contributed by atoms with E-state index in [1.54, 1.807) is 4.68 Å². The lowest BCUT2D eigenvalue weighted by Gasteiger charge is -2.05. The fraction of sp³-hybridized carbons (Fsp3) is 0.286. The van der Waals surface area contributed by atoms with Crippen molar-refractivity contribution in [1.82, 2.24) is 15.1 Å². The number of rotatable bonds is 4. The molecule has 18 heavy (non-hydrogen) atoms. The summed E-state index contributed by atoms with van der Waals surface area (Å²) in [7, 11) is 1.85. The number of nitrogens with zero attached hydrogens (tertiary/aromatic N) is 2. The van der Waals surface area contributed by atoms with Gasteiger partial charge in [-0.1, -0.05) is 30.3 Å². The van der Waals surface area contributed by atoms with Gasteiger partial charge in [0.2, 0.25) is 5.91 Å². The molecule has 0 unspecified atom stereocenters. The highest BCUT2D eigenvalue weighted by Gasteiger charge is 2.07.